The van der Waals surface area contributed by atoms with Gasteiger partial charge in [0, 0.05) is 24.3 Å². The number of aryl methyl sites for hydroxylation is 1. The number of rotatable bonds is 4. The van der Waals surface area contributed by atoms with Crippen molar-refractivity contribution in [2.24, 2.45) is 5.92 Å². The van der Waals surface area contributed by atoms with E-state index in [1.807, 2.05) is 20.8 Å². The summed E-state index contributed by atoms with van der Waals surface area (Å²) in [7, 11) is 0. The van der Waals surface area contributed by atoms with E-state index in [1.54, 1.807) is 0 Å². The van der Waals surface area contributed by atoms with Gasteiger partial charge in [-0.3, -0.25) is 4.79 Å². The number of carbonyl (C=O) groups is 1. The number of carbonyl (C=O) groups excluding carboxylic acids is 1. The van der Waals surface area contributed by atoms with E-state index in [0.29, 0.717) is 36.5 Å². The second kappa shape index (κ2) is 6.58. The summed E-state index contributed by atoms with van der Waals surface area (Å²) in [6, 6.07) is 0.342. The molecule has 0 spiro atoms. The molecule has 0 bridgehead atoms. The van der Waals surface area contributed by atoms with Crippen molar-refractivity contribution in [3.8, 4) is 0 Å². The fraction of sp³-hybridized carbons (Fsp3) is 0.812. The predicted octanol–water partition coefficient (Wildman–Crippen LogP) is 2.99. The van der Waals surface area contributed by atoms with E-state index in [1.165, 1.54) is 12.8 Å². The zero-order valence-electron chi connectivity index (χ0n) is 13.6. The molecule has 1 N–H and O–H groups in total. The third kappa shape index (κ3) is 4.83. The van der Waals surface area contributed by atoms with Gasteiger partial charge in [-0.25, -0.2) is 0 Å². The van der Waals surface area contributed by atoms with Crippen LogP contribution >= 0.6 is 0 Å². The second-order valence-electron chi connectivity index (χ2n) is 7.30. The lowest BCUT2D eigenvalue weighted by molar-refractivity contribution is -0.122. The predicted molar refractivity (Wildman–Crippen MR) is 80.9 cm³/mol. The number of aromatic nitrogens is 2. The highest BCUT2D eigenvalue weighted by atomic mass is 16.5. The van der Waals surface area contributed by atoms with Crippen LogP contribution in [0.4, 0.5) is 0 Å². The van der Waals surface area contributed by atoms with E-state index in [4.69, 9.17) is 4.52 Å². The van der Waals surface area contributed by atoms with Crippen LogP contribution in [0, 0.1) is 5.92 Å². The van der Waals surface area contributed by atoms with Crippen molar-refractivity contribution in [3.63, 3.8) is 0 Å². The highest BCUT2D eigenvalue weighted by Gasteiger charge is 2.22. The zero-order chi connectivity index (χ0) is 15.5. The molecule has 1 aliphatic carbocycles. The summed E-state index contributed by atoms with van der Waals surface area (Å²) in [6.45, 7) is 8.38. The van der Waals surface area contributed by atoms with Crippen LogP contribution in [0.5, 0.6) is 0 Å². The van der Waals surface area contributed by atoms with Crippen molar-refractivity contribution in [2.75, 3.05) is 0 Å². The molecule has 1 aromatic heterocycles. The molecule has 0 aliphatic heterocycles. The Balaban J connectivity index is 1.77. The first-order valence-electron chi connectivity index (χ1n) is 7.97. The molecule has 21 heavy (non-hydrogen) atoms. The first-order valence-corrected chi connectivity index (χ1v) is 7.97. The van der Waals surface area contributed by atoms with E-state index in [-0.39, 0.29) is 11.3 Å². The van der Waals surface area contributed by atoms with Crippen LogP contribution in [0.3, 0.4) is 0 Å². The maximum atomic E-state index is 12.0. The molecular weight excluding hydrogens is 266 g/mol. The van der Waals surface area contributed by atoms with E-state index in [2.05, 4.69) is 22.4 Å². The second-order valence-corrected chi connectivity index (χ2v) is 7.30. The molecule has 118 valence electrons. The van der Waals surface area contributed by atoms with E-state index in [9.17, 15) is 4.79 Å². The monoisotopic (exact) mass is 293 g/mol. The molecule has 5 nitrogen and oxygen atoms in total. The normalized spacial score (nSPS) is 23.0. The average molecular weight is 293 g/mol. The first-order chi connectivity index (χ1) is 9.84. The van der Waals surface area contributed by atoms with Gasteiger partial charge in [0.05, 0.1) is 0 Å². The van der Waals surface area contributed by atoms with Crippen LogP contribution in [-0.2, 0) is 16.6 Å². The molecule has 1 amide bonds. The molecule has 1 saturated carbocycles. The van der Waals surface area contributed by atoms with Gasteiger partial charge in [-0.05, 0) is 18.8 Å². The maximum absolute atomic E-state index is 12.0. The minimum absolute atomic E-state index is 0.0876. The van der Waals surface area contributed by atoms with Gasteiger partial charge in [0.15, 0.2) is 5.82 Å². The van der Waals surface area contributed by atoms with Crippen molar-refractivity contribution in [2.45, 2.75) is 77.7 Å². The minimum atomic E-state index is -0.123. The fourth-order valence-electron chi connectivity index (χ4n) is 2.75. The van der Waals surface area contributed by atoms with Crippen LogP contribution in [0.1, 0.15) is 71.5 Å². The van der Waals surface area contributed by atoms with Crippen LogP contribution < -0.4 is 5.32 Å². The molecule has 2 atom stereocenters. The molecular formula is C16H27N3O2. The number of hydrogen-bond donors (Lipinski definition) is 1. The summed E-state index contributed by atoms with van der Waals surface area (Å²) in [5.74, 6) is 2.05. The Bertz CT molecular complexity index is 476. The van der Waals surface area contributed by atoms with Gasteiger partial charge in [0.25, 0.3) is 0 Å². The maximum Gasteiger partial charge on any atom is 0.227 e. The molecule has 0 radical (unpaired) electrons. The summed E-state index contributed by atoms with van der Waals surface area (Å²) in [5, 5.41) is 7.10. The van der Waals surface area contributed by atoms with Gasteiger partial charge in [-0.2, -0.15) is 4.98 Å². The van der Waals surface area contributed by atoms with Crippen molar-refractivity contribution < 1.29 is 9.32 Å². The van der Waals surface area contributed by atoms with Crippen molar-refractivity contribution >= 4 is 5.91 Å². The third-order valence-corrected chi connectivity index (χ3v) is 4.01. The molecule has 1 heterocycles. The van der Waals surface area contributed by atoms with Gasteiger partial charge in [-0.1, -0.05) is 45.7 Å². The van der Waals surface area contributed by atoms with E-state index < -0.39 is 0 Å². The standard InChI is InChI=1S/C16H27N3O2/c1-11-6-5-7-12(10-11)17-13(20)8-9-14-18-15(19-21-14)16(2,3)4/h11-12H,5-10H2,1-4H3,(H,17,20)/t11-,12-/m0/s1. The molecule has 1 aromatic rings. The summed E-state index contributed by atoms with van der Waals surface area (Å²) < 4.78 is 5.21. The lowest BCUT2D eigenvalue weighted by atomic mass is 9.87. The van der Waals surface area contributed by atoms with Gasteiger partial charge in [0.2, 0.25) is 11.8 Å². The topological polar surface area (TPSA) is 68.0 Å². The number of nitrogens with one attached hydrogen (secondary N) is 1. The Labute approximate surface area is 126 Å². The summed E-state index contributed by atoms with van der Waals surface area (Å²) in [6.07, 6.45) is 5.62. The quantitative estimate of drug-likeness (QED) is 0.926. The number of hydrogen-bond acceptors (Lipinski definition) is 4. The molecule has 5 heteroatoms. The molecule has 0 aromatic carbocycles. The largest absolute Gasteiger partial charge is 0.353 e. The van der Waals surface area contributed by atoms with Crippen molar-refractivity contribution in [1.29, 1.82) is 0 Å². The van der Waals surface area contributed by atoms with Gasteiger partial charge in [0.1, 0.15) is 0 Å². The molecule has 0 saturated heterocycles. The minimum Gasteiger partial charge on any atom is -0.353 e. The average Bonchev–Trinajstić information content (AvgIpc) is 2.85. The Morgan fingerprint density at radius 2 is 2.14 bits per heavy atom. The van der Waals surface area contributed by atoms with E-state index >= 15 is 0 Å². The third-order valence-electron chi connectivity index (χ3n) is 4.01. The SMILES string of the molecule is C[C@H]1CCC[C@H](NC(=O)CCc2nc(C(C)(C)C)no2)C1. The van der Waals surface area contributed by atoms with Crippen LogP contribution in [0.15, 0.2) is 4.52 Å². The lowest BCUT2D eigenvalue weighted by Crippen LogP contribution is -2.38. The van der Waals surface area contributed by atoms with Gasteiger partial charge < -0.3 is 9.84 Å². The van der Waals surface area contributed by atoms with Crippen LogP contribution in [-0.4, -0.2) is 22.1 Å². The highest BCUT2D eigenvalue weighted by Crippen LogP contribution is 2.23. The highest BCUT2D eigenvalue weighted by molar-refractivity contribution is 5.76. The Morgan fingerprint density at radius 1 is 1.38 bits per heavy atom. The lowest BCUT2D eigenvalue weighted by Gasteiger charge is -2.27. The molecule has 1 aliphatic rings. The van der Waals surface area contributed by atoms with Gasteiger partial charge in [-0.15, -0.1) is 0 Å². The summed E-state index contributed by atoms with van der Waals surface area (Å²) in [5.41, 5.74) is -0.123. The summed E-state index contributed by atoms with van der Waals surface area (Å²) >= 11 is 0. The Hall–Kier alpha value is -1.39. The van der Waals surface area contributed by atoms with Gasteiger partial charge >= 0.3 is 0 Å². The number of amides is 1. The van der Waals surface area contributed by atoms with E-state index in [0.717, 1.165) is 12.8 Å². The fourth-order valence-corrected chi connectivity index (χ4v) is 2.75. The van der Waals surface area contributed by atoms with Crippen molar-refractivity contribution in [1.82, 2.24) is 15.5 Å². The Morgan fingerprint density at radius 3 is 2.76 bits per heavy atom. The Kier molecular flexibility index (Phi) is 5.01. The first kappa shape index (κ1) is 16.0. The number of nitrogens with zero attached hydrogens (tertiary/aromatic N) is 2. The summed E-state index contributed by atoms with van der Waals surface area (Å²) in [4.78, 5) is 16.3. The smallest absolute Gasteiger partial charge is 0.227 e. The molecule has 1 fully saturated rings. The zero-order valence-corrected chi connectivity index (χ0v) is 13.6. The van der Waals surface area contributed by atoms with Crippen LogP contribution in [0.25, 0.3) is 0 Å². The van der Waals surface area contributed by atoms with Crippen LogP contribution in [0.2, 0.25) is 0 Å². The van der Waals surface area contributed by atoms with Crippen molar-refractivity contribution in [3.05, 3.63) is 11.7 Å². The molecule has 2 rings (SSSR count). The molecule has 0 unspecified atom stereocenters.